The van der Waals surface area contributed by atoms with Crippen LogP contribution in [0.2, 0.25) is 0 Å². The molecule has 54 valence electrons. The summed E-state index contributed by atoms with van der Waals surface area (Å²) in [4.78, 5) is 4.09. The van der Waals surface area contributed by atoms with E-state index in [4.69, 9.17) is 0 Å². The number of hydrogen-bond acceptors (Lipinski definition) is 3. The number of nitrogens with zero attached hydrogens (tertiary/aromatic N) is 2. The first-order valence-corrected chi connectivity index (χ1v) is 4.12. The van der Waals surface area contributed by atoms with Gasteiger partial charge in [0.1, 0.15) is 5.51 Å². The van der Waals surface area contributed by atoms with Crippen LogP contribution >= 0.6 is 11.5 Å². The van der Waals surface area contributed by atoms with Crippen LogP contribution in [0.25, 0.3) is 11.4 Å². The van der Waals surface area contributed by atoms with E-state index in [-0.39, 0.29) is 0 Å². The first-order chi connectivity index (χ1) is 5.47. The topological polar surface area (TPSA) is 25.8 Å². The Morgan fingerprint density at radius 1 is 1.09 bits per heavy atom. The summed E-state index contributed by atoms with van der Waals surface area (Å²) < 4.78 is 4.12. The summed E-state index contributed by atoms with van der Waals surface area (Å²) in [5.41, 5.74) is 2.82. The maximum atomic E-state index is 4.12. The van der Waals surface area contributed by atoms with Crippen molar-refractivity contribution in [1.82, 2.24) is 9.36 Å². The second kappa shape index (κ2) is 2.80. The maximum absolute atomic E-state index is 4.12. The highest BCUT2D eigenvalue weighted by Crippen LogP contribution is 2.13. The van der Waals surface area contributed by atoms with Crippen molar-refractivity contribution in [3.8, 4) is 11.4 Å². The van der Waals surface area contributed by atoms with Crippen molar-refractivity contribution in [3.05, 3.63) is 35.8 Å². The standard InChI is InChI=1S/C8H6N2S/c1-2-4-7(5-3-1)8-9-6-11-10-8/h1-6H/i10+1. The lowest BCUT2D eigenvalue weighted by molar-refractivity contribution is 1.33. The van der Waals surface area contributed by atoms with Gasteiger partial charge in [-0.2, -0.15) is 4.37 Å². The Morgan fingerprint density at radius 2 is 1.91 bits per heavy atom. The van der Waals surface area contributed by atoms with E-state index in [2.05, 4.69) is 9.36 Å². The molecule has 0 atom stereocenters. The molecule has 1 heterocycles. The van der Waals surface area contributed by atoms with Gasteiger partial charge in [0.15, 0.2) is 5.82 Å². The van der Waals surface area contributed by atoms with E-state index in [1.54, 1.807) is 5.51 Å². The van der Waals surface area contributed by atoms with Crippen LogP contribution < -0.4 is 0 Å². The Morgan fingerprint density at radius 3 is 2.55 bits per heavy atom. The Labute approximate surface area is 68.7 Å². The summed E-state index contributed by atoms with van der Waals surface area (Å²) in [5, 5.41) is 0. The molecule has 0 N–H and O–H groups in total. The summed E-state index contributed by atoms with van der Waals surface area (Å²) in [6.07, 6.45) is 0. The average Bonchev–Trinajstić information content (AvgIpc) is 2.58. The van der Waals surface area contributed by atoms with Gasteiger partial charge >= 0.3 is 0 Å². The van der Waals surface area contributed by atoms with Crippen LogP contribution in [0.5, 0.6) is 0 Å². The molecule has 0 aliphatic rings. The highest BCUT2D eigenvalue weighted by Gasteiger charge is 1.97. The molecule has 0 amide bonds. The number of benzene rings is 1. The van der Waals surface area contributed by atoms with E-state index in [9.17, 15) is 0 Å². The molecular formula is C8H6N2S. The lowest BCUT2D eigenvalue weighted by atomic mass is 10.2. The lowest BCUT2D eigenvalue weighted by Gasteiger charge is -1.90. The Kier molecular flexibility index (Phi) is 1.65. The van der Waals surface area contributed by atoms with Gasteiger partial charge in [0.25, 0.3) is 0 Å². The highest BCUT2D eigenvalue weighted by molar-refractivity contribution is 7.03. The minimum Gasteiger partial charge on any atom is -0.223 e. The third-order valence-corrected chi connectivity index (χ3v) is 1.87. The zero-order valence-electron chi connectivity index (χ0n) is 5.77. The normalized spacial score (nSPS) is 9.82. The van der Waals surface area contributed by atoms with Gasteiger partial charge < -0.3 is 0 Å². The van der Waals surface area contributed by atoms with Crippen LogP contribution in [0.4, 0.5) is 0 Å². The molecule has 0 fully saturated rings. The summed E-state index contributed by atoms with van der Waals surface area (Å²) in [5.74, 6) is 0.815. The number of hydrogen-bond donors (Lipinski definition) is 0. The highest BCUT2D eigenvalue weighted by atomic mass is 32.1. The quantitative estimate of drug-likeness (QED) is 0.644. The van der Waals surface area contributed by atoms with Gasteiger partial charge in [-0.15, -0.1) is 0 Å². The molecule has 2 nitrogen and oxygen atoms in total. The maximum Gasteiger partial charge on any atom is 0.172 e. The second-order valence-electron chi connectivity index (χ2n) is 2.12. The van der Waals surface area contributed by atoms with E-state index < -0.39 is 0 Å². The third-order valence-electron chi connectivity index (χ3n) is 1.39. The van der Waals surface area contributed by atoms with Crippen molar-refractivity contribution >= 4 is 11.5 Å². The molecule has 0 saturated heterocycles. The van der Waals surface area contributed by atoms with Crippen molar-refractivity contribution in [2.75, 3.05) is 0 Å². The second-order valence-corrected chi connectivity index (χ2v) is 2.73. The predicted molar refractivity (Wildman–Crippen MR) is 45.3 cm³/mol. The Bertz CT molecular complexity index is 315. The lowest BCUT2D eigenvalue weighted by Crippen LogP contribution is -1.76. The van der Waals surface area contributed by atoms with Gasteiger partial charge in [0.05, 0.1) is 0 Å². The minimum atomic E-state index is 0.815. The van der Waals surface area contributed by atoms with Crippen molar-refractivity contribution < 1.29 is 0 Å². The van der Waals surface area contributed by atoms with Crippen LogP contribution in [0.3, 0.4) is 0 Å². The zero-order chi connectivity index (χ0) is 7.52. The van der Waals surface area contributed by atoms with Gasteiger partial charge in [-0.05, 0) is 11.5 Å². The zero-order valence-corrected chi connectivity index (χ0v) is 6.58. The first kappa shape index (κ1) is 6.49. The Hall–Kier alpha value is -1.22. The Balaban J connectivity index is 2.46. The van der Waals surface area contributed by atoms with Crippen molar-refractivity contribution in [1.29, 1.82) is 0 Å². The molecule has 0 bridgehead atoms. The molecule has 0 spiro atoms. The van der Waals surface area contributed by atoms with Crippen LogP contribution in [0.1, 0.15) is 0 Å². The van der Waals surface area contributed by atoms with Crippen molar-refractivity contribution in [2.45, 2.75) is 0 Å². The van der Waals surface area contributed by atoms with E-state index >= 15 is 0 Å². The van der Waals surface area contributed by atoms with E-state index in [1.807, 2.05) is 30.3 Å². The molecule has 0 saturated carbocycles. The van der Waals surface area contributed by atoms with Gasteiger partial charge in [-0.3, -0.25) is 0 Å². The number of aromatic nitrogens is 2. The fourth-order valence-corrected chi connectivity index (χ4v) is 1.33. The molecular weight excluding hydrogens is 157 g/mol. The van der Waals surface area contributed by atoms with E-state index in [1.165, 1.54) is 11.5 Å². The smallest absolute Gasteiger partial charge is 0.172 e. The van der Waals surface area contributed by atoms with Crippen LogP contribution in [-0.2, 0) is 0 Å². The average molecular weight is 163 g/mol. The largest absolute Gasteiger partial charge is 0.223 e. The molecule has 1 aromatic carbocycles. The molecule has 0 unspecified atom stereocenters. The van der Waals surface area contributed by atoms with Gasteiger partial charge in [0, 0.05) is 5.56 Å². The molecule has 1 aromatic heterocycles. The van der Waals surface area contributed by atoms with Crippen LogP contribution in [-0.4, -0.2) is 9.36 Å². The summed E-state index contributed by atoms with van der Waals surface area (Å²) in [6.45, 7) is 0. The molecule has 11 heavy (non-hydrogen) atoms. The van der Waals surface area contributed by atoms with Crippen LogP contribution in [0, 0.1) is 0 Å². The molecule has 0 aliphatic heterocycles. The fourth-order valence-electron chi connectivity index (χ4n) is 0.885. The predicted octanol–water partition coefficient (Wildman–Crippen LogP) is 2.21. The molecule has 2 aromatic rings. The van der Waals surface area contributed by atoms with Crippen molar-refractivity contribution in [2.24, 2.45) is 0 Å². The third kappa shape index (κ3) is 1.28. The molecule has 0 aliphatic carbocycles. The first-order valence-electron chi connectivity index (χ1n) is 3.28. The van der Waals surface area contributed by atoms with Gasteiger partial charge in [0.2, 0.25) is 0 Å². The van der Waals surface area contributed by atoms with E-state index in [0.29, 0.717) is 0 Å². The van der Waals surface area contributed by atoms with Crippen LogP contribution in [0.15, 0.2) is 35.8 Å². The number of rotatable bonds is 1. The van der Waals surface area contributed by atoms with Gasteiger partial charge in [-0.25, -0.2) is 4.98 Å². The minimum absolute atomic E-state index is 0.815. The van der Waals surface area contributed by atoms with Crippen molar-refractivity contribution in [3.63, 3.8) is 0 Å². The van der Waals surface area contributed by atoms with E-state index in [0.717, 1.165) is 11.4 Å². The van der Waals surface area contributed by atoms with Gasteiger partial charge in [-0.1, -0.05) is 30.3 Å². The summed E-state index contributed by atoms with van der Waals surface area (Å²) in [6, 6.07) is 9.95. The SMILES string of the molecule is c1ccc(-c2ncs[15n]2)cc1. The molecule has 2 rings (SSSR count). The summed E-state index contributed by atoms with van der Waals surface area (Å²) in [7, 11) is 0. The summed E-state index contributed by atoms with van der Waals surface area (Å²) >= 11 is 1.37. The molecule has 3 heteroatoms. The molecule has 0 radical (unpaired) electrons. The fraction of sp³-hybridized carbons (Fsp3) is 0. The monoisotopic (exact) mass is 163 g/mol.